The van der Waals surface area contributed by atoms with E-state index in [2.05, 4.69) is 30.6 Å². The zero-order valence-corrected chi connectivity index (χ0v) is 13.8. The van der Waals surface area contributed by atoms with Crippen LogP contribution in [0.1, 0.15) is 30.4 Å². The van der Waals surface area contributed by atoms with Crippen molar-refractivity contribution in [2.24, 2.45) is 5.73 Å². The van der Waals surface area contributed by atoms with Crippen molar-refractivity contribution >= 4 is 11.6 Å². The predicted molar refractivity (Wildman–Crippen MR) is 90.3 cm³/mol. The van der Waals surface area contributed by atoms with E-state index in [1.807, 2.05) is 24.3 Å². The molecule has 9 nitrogen and oxygen atoms in total. The minimum Gasteiger partial charge on any atom is -0.339 e. The number of H-pyrrole nitrogens is 1. The third-order valence-corrected chi connectivity index (χ3v) is 3.52. The highest BCUT2D eigenvalue weighted by Crippen LogP contribution is 2.18. The zero-order chi connectivity index (χ0) is 17.6. The number of aromatic amines is 1. The third kappa shape index (κ3) is 4.48. The molecule has 0 aliphatic carbocycles. The van der Waals surface area contributed by atoms with Crippen LogP contribution in [0.15, 0.2) is 28.8 Å². The minimum atomic E-state index is -0.0627. The van der Waals surface area contributed by atoms with E-state index in [1.165, 1.54) is 0 Å². The van der Waals surface area contributed by atoms with E-state index in [0.717, 1.165) is 11.3 Å². The molecule has 0 fully saturated rings. The van der Waals surface area contributed by atoms with Crippen LogP contribution in [-0.4, -0.2) is 31.2 Å². The molecule has 0 radical (unpaired) electrons. The van der Waals surface area contributed by atoms with Crippen LogP contribution in [-0.2, 0) is 17.8 Å². The van der Waals surface area contributed by atoms with Crippen molar-refractivity contribution in [2.75, 3.05) is 5.32 Å². The highest BCUT2D eigenvalue weighted by molar-refractivity contribution is 5.90. The molecular weight excluding hydrogens is 322 g/mol. The summed E-state index contributed by atoms with van der Waals surface area (Å²) in [5.74, 6) is 2.30. The van der Waals surface area contributed by atoms with Crippen molar-refractivity contribution in [1.82, 2.24) is 25.3 Å². The molecule has 0 spiro atoms. The van der Waals surface area contributed by atoms with Crippen molar-refractivity contribution in [3.8, 4) is 11.4 Å². The Morgan fingerprint density at radius 3 is 2.72 bits per heavy atom. The first-order valence-electron chi connectivity index (χ1n) is 7.95. The minimum absolute atomic E-state index is 0.0627. The number of nitrogens with zero attached hydrogens (tertiary/aromatic N) is 4. The fraction of sp³-hybridized carbons (Fsp3) is 0.312. The Bertz CT molecular complexity index is 838. The average Bonchev–Trinajstić information content (AvgIpc) is 3.24. The molecule has 2 heterocycles. The van der Waals surface area contributed by atoms with Crippen molar-refractivity contribution in [1.29, 1.82) is 0 Å². The smallest absolute Gasteiger partial charge is 0.226 e. The van der Waals surface area contributed by atoms with Gasteiger partial charge >= 0.3 is 0 Å². The monoisotopic (exact) mass is 341 g/mol. The van der Waals surface area contributed by atoms with E-state index in [9.17, 15) is 4.79 Å². The van der Waals surface area contributed by atoms with Crippen LogP contribution in [0.4, 0.5) is 5.69 Å². The molecule has 2 aromatic heterocycles. The van der Waals surface area contributed by atoms with Crippen LogP contribution in [0.5, 0.6) is 0 Å². The Kier molecular flexibility index (Phi) is 5.14. The zero-order valence-electron chi connectivity index (χ0n) is 13.8. The highest BCUT2D eigenvalue weighted by atomic mass is 16.5. The summed E-state index contributed by atoms with van der Waals surface area (Å²) < 4.78 is 5.01. The lowest BCUT2D eigenvalue weighted by molar-refractivity contribution is -0.116. The van der Waals surface area contributed by atoms with Gasteiger partial charge in [-0.2, -0.15) is 10.1 Å². The van der Waals surface area contributed by atoms with Crippen LogP contribution in [0.2, 0.25) is 0 Å². The Hall–Kier alpha value is -3.07. The van der Waals surface area contributed by atoms with Gasteiger partial charge in [0, 0.05) is 24.1 Å². The summed E-state index contributed by atoms with van der Waals surface area (Å²) in [7, 11) is 0. The second-order valence-corrected chi connectivity index (χ2v) is 5.52. The number of carbonyl (C=O) groups is 1. The van der Waals surface area contributed by atoms with E-state index in [0.29, 0.717) is 49.2 Å². The molecule has 3 rings (SSSR count). The fourth-order valence-corrected chi connectivity index (χ4v) is 2.28. The van der Waals surface area contributed by atoms with E-state index in [4.69, 9.17) is 10.3 Å². The largest absolute Gasteiger partial charge is 0.339 e. The summed E-state index contributed by atoms with van der Waals surface area (Å²) in [5, 5.41) is 13.4. The lowest BCUT2D eigenvalue weighted by atomic mass is 10.2. The van der Waals surface area contributed by atoms with E-state index < -0.39 is 0 Å². The number of hydrogen-bond donors (Lipinski definition) is 3. The lowest BCUT2D eigenvalue weighted by Crippen LogP contribution is -2.11. The number of amides is 1. The normalized spacial score (nSPS) is 10.8. The average molecular weight is 341 g/mol. The van der Waals surface area contributed by atoms with Crippen LogP contribution < -0.4 is 11.1 Å². The summed E-state index contributed by atoms with van der Waals surface area (Å²) in [6, 6.07) is 7.32. The van der Waals surface area contributed by atoms with E-state index in [-0.39, 0.29) is 5.91 Å². The molecule has 0 unspecified atom stereocenters. The number of hydrogen-bond acceptors (Lipinski definition) is 7. The van der Waals surface area contributed by atoms with Gasteiger partial charge in [-0.1, -0.05) is 5.16 Å². The standard InChI is InChI=1S/C16H19N7O2/c1-10-18-15(25-23-10)4-2-3-14(24)19-12-7-5-11(6-8-12)16-20-13(9-17)21-22-16/h5-8H,2-4,9,17H2,1H3,(H,19,24)(H,20,21,22). The van der Waals surface area contributed by atoms with Crippen LogP contribution in [0, 0.1) is 6.92 Å². The first kappa shape index (κ1) is 16.8. The summed E-state index contributed by atoms with van der Waals surface area (Å²) in [4.78, 5) is 20.4. The first-order valence-corrected chi connectivity index (χ1v) is 7.95. The fourth-order valence-electron chi connectivity index (χ4n) is 2.28. The van der Waals surface area contributed by atoms with Gasteiger partial charge in [0.15, 0.2) is 11.6 Å². The van der Waals surface area contributed by atoms with Gasteiger partial charge < -0.3 is 15.6 Å². The number of nitrogens with two attached hydrogens (primary N) is 1. The van der Waals surface area contributed by atoms with Crippen LogP contribution in [0.25, 0.3) is 11.4 Å². The molecule has 0 aliphatic rings. The Morgan fingerprint density at radius 1 is 1.28 bits per heavy atom. The summed E-state index contributed by atoms with van der Waals surface area (Å²) in [5.41, 5.74) is 7.07. The molecule has 0 atom stereocenters. The molecule has 0 saturated carbocycles. The molecule has 130 valence electrons. The Morgan fingerprint density at radius 2 is 2.08 bits per heavy atom. The summed E-state index contributed by atoms with van der Waals surface area (Å²) >= 11 is 0. The number of carbonyl (C=O) groups excluding carboxylic acids is 1. The number of nitrogens with one attached hydrogen (secondary N) is 2. The SMILES string of the molecule is Cc1noc(CCCC(=O)Nc2ccc(-c3n[nH]c(CN)n3)cc2)n1. The molecule has 1 aromatic carbocycles. The molecule has 4 N–H and O–H groups in total. The van der Waals surface area contributed by atoms with Gasteiger partial charge in [-0.15, -0.1) is 0 Å². The van der Waals surface area contributed by atoms with E-state index >= 15 is 0 Å². The van der Waals surface area contributed by atoms with Gasteiger partial charge in [-0.25, -0.2) is 4.98 Å². The predicted octanol–water partition coefficient (Wildman–Crippen LogP) is 1.58. The maximum absolute atomic E-state index is 12.0. The number of aromatic nitrogens is 5. The third-order valence-electron chi connectivity index (χ3n) is 3.52. The van der Waals surface area contributed by atoms with Gasteiger partial charge in [0.25, 0.3) is 0 Å². The quantitative estimate of drug-likeness (QED) is 0.593. The number of anilines is 1. The molecule has 1 amide bonds. The first-order chi connectivity index (χ1) is 12.1. The van der Waals surface area contributed by atoms with Gasteiger partial charge in [0.05, 0.1) is 6.54 Å². The molecule has 0 aliphatic heterocycles. The van der Waals surface area contributed by atoms with Crippen molar-refractivity contribution < 1.29 is 9.32 Å². The number of aryl methyl sites for hydroxylation is 2. The molecular formula is C16H19N7O2. The topological polar surface area (TPSA) is 136 Å². The van der Waals surface area contributed by atoms with Gasteiger partial charge in [-0.05, 0) is 37.6 Å². The van der Waals surface area contributed by atoms with Crippen LogP contribution >= 0.6 is 0 Å². The van der Waals surface area contributed by atoms with Gasteiger partial charge in [-0.3, -0.25) is 9.89 Å². The molecule has 0 saturated heterocycles. The summed E-state index contributed by atoms with van der Waals surface area (Å²) in [6.07, 6.45) is 1.61. The lowest BCUT2D eigenvalue weighted by Gasteiger charge is -2.05. The van der Waals surface area contributed by atoms with Gasteiger partial charge in [0.2, 0.25) is 11.8 Å². The second kappa shape index (κ2) is 7.67. The number of rotatable bonds is 7. The molecule has 25 heavy (non-hydrogen) atoms. The van der Waals surface area contributed by atoms with Crippen molar-refractivity contribution in [2.45, 2.75) is 32.7 Å². The number of benzene rings is 1. The van der Waals surface area contributed by atoms with Crippen molar-refractivity contribution in [3.63, 3.8) is 0 Å². The Labute approximate surface area is 144 Å². The van der Waals surface area contributed by atoms with Crippen LogP contribution in [0.3, 0.4) is 0 Å². The van der Waals surface area contributed by atoms with Gasteiger partial charge in [0.1, 0.15) is 5.82 Å². The maximum Gasteiger partial charge on any atom is 0.226 e. The highest BCUT2D eigenvalue weighted by Gasteiger charge is 2.08. The Balaban J connectivity index is 1.49. The van der Waals surface area contributed by atoms with Crippen molar-refractivity contribution in [3.05, 3.63) is 41.8 Å². The maximum atomic E-state index is 12.0. The summed E-state index contributed by atoms with van der Waals surface area (Å²) in [6.45, 7) is 2.07. The second-order valence-electron chi connectivity index (χ2n) is 5.52. The molecule has 3 aromatic rings. The van der Waals surface area contributed by atoms with E-state index in [1.54, 1.807) is 6.92 Å². The molecule has 0 bridgehead atoms. The molecule has 9 heteroatoms.